The van der Waals surface area contributed by atoms with Crippen LogP contribution in [0.1, 0.15) is 39.5 Å². The van der Waals surface area contributed by atoms with Crippen LogP contribution in [0.15, 0.2) is 4.99 Å². The second-order valence-electron chi connectivity index (χ2n) is 3.78. The minimum atomic E-state index is 0.578. The van der Waals surface area contributed by atoms with Crippen molar-refractivity contribution in [3.8, 4) is 0 Å². The molecule has 2 N–H and O–H groups in total. The number of hydrogen-bond donors (Lipinski definition) is 1. The third kappa shape index (κ3) is 2.90. The molecule has 1 fully saturated rings. The number of guanidine groups is 1. The second-order valence-corrected chi connectivity index (χ2v) is 3.78. The summed E-state index contributed by atoms with van der Waals surface area (Å²) in [6.07, 6.45) is 4.91. The summed E-state index contributed by atoms with van der Waals surface area (Å²) in [5, 5.41) is 0. The highest BCUT2D eigenvalue weighted by Crippen LogP contribution is 2.15. The van der Waals surface area contributed by atoms with Gasteiger partial charge < -0.3 is 10.6 Å². The van der Waals surface area contributed by atoms with E-state index in [0.29, 0.717) is 6.04 Å². The van der Waals surface area contributed by atoms with E-state index in [1.165, 1.54) is 19.3 Å². The van der Waals surface area contributed by atoms with Gasteiger partial charge >= 0.3 is 0 Å². The van der Waals surface area contributed by atoms with Crippen molar-refractivity contribution >= 4 is 5.96 Å². The van der Waals surface area contributed by atoms with Crippen LogP contribution in [0.5, 0.6) is 0 Å². The first-order chi connectivity index (χ1) is 6.25. The van der Waals surface area contributed by atoms with Gasteiger partial charge in [0.25, 0.3) is 0 Å². The molecule has 76 valence electrons. The molecule has 0 radical (unpaired) electrons. The van der Waals surface area contributed by atoms with Gasteiger partial charge in [0.1, 0.15) is 0 Å². The molecular formula is C10H21N3. The molecule has 0 aromatic carbocycles. The van der Waals surface area contributed by atoms with E-state index in [-0.39, 0.29) is 0 Å². The van der Waals surface area contributed by atoms with Crippen LogP contribution >= 0.6 is 0 Å². The topological polar surface area (TPSA) is 41.6 Å². The molecule has 1 atom stereocenters. The fourth-order valence-corrected chi connectivity index (χ4v) is 1.76. The van der Waals surface area contributed by atoms with Gasteiger partial charge in [-0.2, -0.15) is 0 Å². The van der Waals surface area contributed by atoms with Crippen molar-refractivity contribution in [2.24, 2.45) is 10.7 Å². The third-order valence-corrected chi connectivity index (χ3v) is 2.59. The molecule has 0 aromatic heterocycles. The lowest BCUT2D eigenvalue weighted by molar-refractivity contribution is 0.255. The Kier molecular flexibility index (Phi) is 4.06. The maximum absolute atomic E-state index is 5.90. The second kappa shape index (κ2) is 5.10. The molecule has 0 aliphatic carbocycles. The molecule has 0 spiro atoms. The Bertz CT molecular complexity index is 177. The summed E-state index contributed by atoms with van der Waals surface area (Å²) in [4.78, 5) is 6.57. The van der Waals surface area contributed by atoms with E-state index in [9.17, 15) is 0 Å². The van der Waals surface area contributed by atoms with Crippen LogP contribution in [0.2, 0.25) is 0 Å². The van der Waals surface area contributed by atoms with Crippen LogP contribution < -0.4 is 5.73 Å². The van der Waals surface area contributed by atoms with E-state index < -0.39 is 0 Å². The highest BCUT2D eigenvalue weighted by molar-refractivity contribution is 5.78. The van der Waals surface area contributed by atoms with Crippen LogP contribution in [-0.2, 0) is 0 Å². The Morgan fingerprint density at radius 3 is 2.92 bits per heavy atom. The normalized spacial score (nSPS) is 24.9. The largest absolute Gasteiger partial charge is 0.370 e. The first-order valence-corrected chi connectivity index (χ1v) is 5.32. The number of aliphatic imine (C=N–C) groups is 1. The molecule has 0 amide bonds. The molecule has 3 nitrogen and oxygen atoms in total. The number of piperidine rings is 1. The number of hydrogen-bond acceptors (Lipinski definition) is 1. The molecule has 1 saturated heterocycles. The fourth-order valence-electron chi connectivity index (χ4n) is 1.76. The van der Waals surface area contributed by atoms with Gasteiger partial charge in [-0.25, -0.2) is 0 Å². The zero-order valence-electron chi connectivity index (χ0n) is 8.79. The minimum absolute atomic E-state index is 0.578. The van der Waals surface area contributed by atoms with Crippen molar-refractivity contribution in [2.45, 2.75) is 45.6 Å². The summed E-state index contributed by atoms with van der Waals surface area (Å²) in [5.74, 6) is 0.744. The van der Waals surface area contributed by atoms with Crippen LogP contribution in [0.4, 0.5) is 0 Å². The molecule has 3 heteroatoms. The number of rotatable bonds is 2. The molecule has 1 heterocycles. The molecule has 0 bridgehead atoms. The highest BCUT2D eigenvalue weighted by Gasteiger charge is 2.19. The highest BCUT2D eigenvalue weighted by atomic mass is 15.3. The summed E-state index contributed by atoms with van der Waals surface area (Å²) in [6.45, 7) is 6.29. The van der Waals surface area contributed by atoms with Crippen LogP contribution in [0, 0.1) is 0 Å². The quantitative estimate of drug-likeness (QED) is 0.521. The Hall–Kier alpha value is -0.730. The first-order valence-electron chi connectivity index (χ1n) is 5.32. The molecular weight excluding hydrogens is 162 g/mol. The van der Waals surface area contributed by atoms with E-state index in [1.54, 1.807) is 0 Å². The SMILES string of the molecule is CCCN=C(N)N1CCCCC1C. The van der Waals surface area contributed by atoms with Crippen molar-refractivity contribution in [3.63, 3.8) is 0 Å². The Balaban J connectivity index is 2.47. The van der Waals surface area contributed by atoms with Crippen molar-refractivity contribution in [2.75, 3.05) is 13.1 Å². The molecule has 1 aliphatic heterocycles. The van der Waals surface area contributed by atoms with Crippen LogP contribution in [0.3, 0.4) is 0 Å². The minimum Gasteiger partial charge on any atom is -0.370 e. The monoisotopic (exact) mass is 183 g/mol. The average Bonchev–Trinajstić information content (AvgIpc) is 2.15. The molecule has 1 unspecified atom stereocenters. The summed E-state index contributed by atoms with van der Waals surface area (Å²) < 4.78 is 0. The average molecular weight is 183 g/mol. The predicted octanol–water partition coefficient (Wildman–Crippen LogP) is 1.59. The first kappa shape index (κ1) is 10.4. The number of likely N-dealkylation sites (tertiary alicyclic amines) is 1. The van der Waals surface area contributed by atoms with Gasteiger partial charge in [-0.05, 0) is 32.6 Å². The van der Waals surface area contributed by atoms with E-state index in [0.717, 1.165) is 25.5 Å². The Morgan fingerprint density at radius 1 is 1.54 bits per heavy atom. The van der Waals surface area contributed by atoms with Gasteiger partial charge in [0.2, 0.25) is 0 Å². The molecule has 1 rings (SSSR count). The number of nitrogens with zero attached hydrogens (tertiary/aromatic N) is 2. The predicted molar refractivity (Wildman–Crippen MR) is 56.8 cm³/mol. The van der Waals surface area contributed by atoms with Crippen molar-refractivity contribution < 1.29 is 0 Å². The van der Waals surface area contributed by atoms with Crippen LogP contribution in [-0.4, -0.2) is 30.0 Å². The summed E-state index contributed by atoms with van der Waals surface area (Å²) in [5.41, 5.74) is 5.90. The van der Waals surface area contributed by atoms with Gasteiger partial charge in [0, 0.05) is 19.1 Å². The van der Waals surface area contributed by atoms with Crippen molar-refractivity contribution in [1.29, 1.82) is 0 Å². The lowest BCUT2D eigenvalue weighted by Crippen LogP contribution is -2.46. The maximum Gasteiger partial charge on any atom is 0.191 e. The third-order valence-electron chi connectivity index (χ3n) is 2.59. The maximum atomic E-state index is 5.90. The van der Waals surface area contributed by atoms with E-state index in [1.807, 2.05) is 0 Å². The summed E-state index contributed by atoms with van der Waals surface area (Å²) in [7, 11) is 0. The smallest absolute Gasteiger partial charge is 0.191 e. The van der Waals surface area contributed by atoms with E-state index in [4.69, 9.17) is 5.73 Å². The Morgan fingerprint density at radius 2 is 2.31 bits per heavy atom. The zero-order chi connectivity index (χ0) is 9.68. The van der Waals surface area contributed by atoms with E-state index in [2.05, 4.69) is 23.7 Å². The summed E-state index contributed by atoms with van der Waals surface area (Å²) >= 11 is 0. The summed E-state index contributed by atoms with van der Waals surface area (Å²) in [6, 6.07) is 0.578. The fraction of sp³-hybridized carbons (Fsp3) is 0.900. The molecule has 13 heavy (non-hydrogen) atoms. The van der Waals surface area contributed by atoms with Gasteiger partial charge in [0.05, 0.1) is 0 Å². The number of nitrogens with two attached hydrogens (primary N) is 1. The Labute approximate surface area is 81.0 Å². The lowest BCUT2D eigenvalue weighted by atomic mass is 10.0. The van der Waals surface area contributed by atoms with Gasteiger partial charge in [-0.1, -0.05) is 6.92 Å². The van der Waals surface area contributed by atoms with E-state index >= 15 is 0 Å². The molecule has 0 aromatic rings. The van der Waals surface area contributed by atoms with Crippen molar-refractivity contribution in [3.05, 3.63) is 0 Å². The van der Waals surface area contributed by atoms with Gasteiger partial charge in [-0.15, -0.1) is 0 Å². The standard InChI is InChI=1S/C10H21N3/c1-3-7-12-10(11)13-8-5-4-6-9(13)2/h9H,3-8H2,1-2H3,(H2,11,12). The lowest BCUT2D eigenvalue weighted by Gasteiger charge is -2.34. The molecule has 1 aliphatic rings. The van der Waals surface area contributed by atoms with Crippen molar-refractivity contribution in [1.82, 2.24) is 4.90 Å². The molecule has 0 saturated carbocycles. The van der Waals surface area contributed by atoms with Crippen LogP contribution in [0.25, 0.3) is 0 Å². The van der Waals surface area contributed by atoms with Gasteiger partial charge in [-0.3, -0.25) is 4.99 Å². The zero-order valence-corrected chi connectivity index (χ0v) is 8.79. The van der Waals surface area contributed by atoms with Gasteiger partial charge in [0.15, 0.2) is 5.96 Å².